The van der Waals surface area contributed by atoms with Gasteiger partial charge in [0.1, 0.15) is 5.75 Å². The van der Waals surface area contributed by atoms with Crippen molar-refractivity contribution in [3.8, 4) is 5.75 Å². The van der Waals surface area contributed by atoms with E-state index < -0.39 is 6.10 Å². The normalized spacial score (nSPS) is 22.0. The molecule has 3 N–H and O–H groups in total. The first-order valence-corrected chi connectivity index (χ1v) is 13.2. The van der Waals surface area contributed by atoms with Gasteiger partial charge in [0.25, 0.3) is 12.9 Å². The van der Waals surface area contributed by atoms with Crippen LogP contribution in [0.4, 0.5) is 0 Å². The summed E-state index contributed by atoms with van der Waals surface area (Å²) in [5, 5.41) is 24.0. The van der Waals surface area contributed by atoms with Gasteiger partial charge in [-0.2, -0.15) is 0 Å². The number of carbonyl (C=O) groups excluding carboxylic acids is 1. The highest BCUT2D eigenvalue weighted by atomic mass is 16.5. The van der Waals surface area contributed by atoms with Crippen LogP contribution >= 0.6 is 0 Å². The van der Waals surface area contributed by atoms with Crippen molar-refractivity contribution in [2.24, 2.45) is 5.41 Å². The minimum absolute atomic E-state index is 0.214. The van der Waals surface area contributed by atoms with E-state index >= 15 is 0 Å². The van der Waals surface area contributed by atoms with Crippen molar-refractivity contribution in [3.63, 3.8) is 0 Å². The molecule has 0 radical (unpaired) electrons. The lowest BCUT2D eigenvalue weighted by atomic mass is 9.71. The minimum atomic E-state index is -0.399. The minimum Gasteiger partial charge on any atom is -0.493 e. The third-order valence-corrected chi connectivity index (χ3v) is 7.56. The predicted octanol–water partition coefficient (Wildman–Crippen LogP) is 0.910. The fraction of sp³-hybridized carbons (Fsp3) is 0.667. The number of piperidine rings is 2. The standard InChI is InChI=1S/C25H40N4O3.2CH2O2/c1-26-13-15-28(16-14-26)10-5-17-32-23-7-4-3-6-21(23)19-29-11-8-25(9-12-29)18-22(30)20-27(2)24(25)31;2*2-1-3/h3-4,6-7,22,30H,5,8-20H2,1-2H3;2*1H,(H,2,3). The molecule has 0 bridgehead atoms. The largest absolute Gasteiger partial charge is 0.493 e. The van der Waals surface area contributed by atoms with Gasteiger partial charge in [0, 0.05) is 58.4 Å². The van der Waals surface area contributed by atoms with E-state index in [2.05, 4.69) is 39.9 Å². The second-order valence-electron chi connectivity index (χ2n) is 10.3. The van der Waals surface area contributed by atoms with Gasteiger partial charge >= 0.3 is 0 Å². The maximum absolute atomic E-state index is 12.8. The fourth-order valence-corrected chi connectivity index (χ4v) is 5.52. The number of hydrogen-bond acceptors (Lipinski definition) is 8. The molecule has 11 heteroatoms. The number of likely N-dealkylation sites (N-methyl/N-ethyl adjacent to an activating group) is 2. The Kier molecular flexibility index (Phi) is 13.5. The molecule has 1 amide bonds. The van der Waals surface area contributed by atoms with Gasteiger partial charge in [-0.05, 0) is 51.9 Å². The van der Waals surface area contributed by atoms with Gasteiger partial charge in [0.05, 0.1) is 18.1 Å². The zero-order valence-electron chi connectivity index (χ0n) is 22.7. The van der Waals surface area contributed by atoms with Crippen molar-refractivity contribution in [3.05, 3.63) is 29.8 Å². The van der Waals surface area contributed by atoms with Crippen LogP contribution in [0.1, 0.15) is 31.2 Å². The molecule has 1 spiro atoms. The summed E-state index contributed by atoms with van der Waals surface area (Å²) in [5.41, 5.74) is 0.845. The van der Waals surface area contributed by atoms with Crippen molar-refractivity contribution in [1.29, 1.82) is 0 Å². The van der Waals surface area contributed by atoms with Gasteiger partial charge in [-0.15, -0.1) is 0 Å². The Morgan fingerprint density at radius 1 is 0.974 bits per heavy atom. The number of β-amino-alcohol motifs (C(OH)–C–C–N with tert-alkyl or cyclic N) is 1. The maximum Gasteiger partial charge on any atom is 0.290 e. The second-order valence-corrected chi connectivity index (χ2v) is 10.3. The molecular formula is C27H44N4O7. The van der Waals surface area contributed by atoms with E-state index in [4.69, 9.17) is 24.5 Å². The molecule has 0 saturated carbocycles. The molecule has 38 heavy (non-hydrogen) atoms. The number of ether oxygens (including phenoxy) is 1. The van der Waals surface area contributed by atoms with Crippen LogP contribution in [0.3, 0.4) is 0 Å². The lowest BCUT2D eigenvalue weighted by Crippen LogP contribution is -2.56. The van der Waals surface area contributed by atoms with Crippen LogP contribution in [0.25, 0.3) is 0 Å². The molecule has 0 aliphatic carbocycles. The van der Waals surface area contributed by atoms with Gasteiger partial charge < -0.3 is 34.8 Å². The molecule has 1 atom stereocenters. The molecule has 1 unspecified atom stereocenters. The Labute approximate surface area is 225 Å². The molecule has 11 nitrogen and oxygen atoms in total. The van der Waals surface area contributed by atoms with Gasteiger partial charge in [-0.25, -0.2) is 0 Å². The molecule has 4 rings (SSSR count). The van der Waals surface area contributed by atoms with Crippen LogP contribution in [-0.4, -0.2) is 133 Å². The highest BCUT2D eigenvalue weighted by molar-refractivity contribution is 5.83. The van der Waals surface area contributed by atoms with E-state index in [1.54, 1.807) is 4.90 Å². The average Bonchev–Trinajstić information content (AvgIpc) is 2.89. The number of benzene rings is 1. The fourth-order valence-electron chi connectivity index (χ4n) is 5.52. The smallest absolute Gasteiger partial charge is 0.290 e. The third-order valence-electron chi connectivity index (χ3n) is 7.56. The molecule has 3 heterocycles. The van der Waals surface area contributed by atoms with Crippen LogP contribution in [0.15, 0.2) is 24.3 Å². The molecule has 3 fully saturated rings. The Balaban J connectivity index is 0.000000773. The van der Waals surface area contributed by atoms with Gasteiger partial charge in [0.15, 0.2) is 0 Å². The zero-order valence-corrected chi connectivity index (χ0v) is 22.7. The summed E-state index contributed by atoms with van der Waals surface area (Å²) >= 11 is 0. The lowest BCUT2D eigenvalue weighted by molar-refractivity contribution is -0.154. The monoisotopic (exact) mass is 536 g/mol. The van der Waals surface area contributed by atoms with E-state index in [1.807, 2.05) is 13.1 Å². The maximum atomic E-state index is 12.8. The Hall–Kier alpha value is -2.73. The number of rotatable bonds is 7. The quantitative estimate of drug-likeness (QED) is 0.341. The van der Waals surface area contributed by atoms with Crippen LogP contribution in [0.2, 0.25) is 0 Å². The Morgan fingerprint density at radius 2 is 1.58 bits per heavy atom. The molecule has 1 aromatic rings. The summed E-state index contributed by atoms with van der Waals surface area (Å²) in [6, 6.07) is 8.35. The van der Waals surface area contributed by atoms with Crippen LogP contribution in [-0.2, 0) is 20.9 Å². The number of amides is 1. The molecule has 3 aliphatic rings. The summed E-state index contributed by atoms with van der Waals surface area (Å²) in [4.78, 5) is 38.6. The first-order valence-electron chi connectivity index (χ1n) is 13.2. The number of likely N-dealkylation sites (tertiary alicyclic amines) is 2. The third kappa shape index (κ3) is 9.54. The highest BCUT2D eigenvalue weighted by Gasteiger charge is 2.47. The number of para-hydroxylation sites is 1. The van der Waals surface area contributed by atoms with Crippen molar-refractivity contribution < 1.29 is 34.4 Å². The van der Waals surface area contributed by atoms with Gasteiger partial charge in [-0.1, -0.05) is 18.2 Å². The number of carboxylic acid groups (broad SMARTS) is 2. The van der Waals surface area contributed by atoms with Gasteiger partial charge in [0.2, 0.25) is 5.91 Å². The van der Waals surface area contributed by atoms with Gasteiger partial charge in [-0.3, -0.25) is 19.3 Å². The van der Waals surface area contributed by atoms with Crippen LogP contribution < -0.4 is 4.74 Å². The summed E-state index contributed by atoms with van der Waals surface area (Å²) in [5.74, 6) is 1.20. The van der Waals surface area contributed by atoms with Crippen molar-refractivity contribution in [1.82, 2.24) is 19.6 Å². The first-order chi connectivity index (χ1) is 18.3. The molecule has 1 aromatic carbocycles. The number of aliphatic hydroxyl groups is 1. The van der Waals surface area contributed by atoms with Crippen LogP contribution in [0.5, 0.6) is 5.75 Å². The summed E-state index contributed by atoms with van der Waals surface area (Å²) < 4.78 is 6.19. The summed E-state index contributed by atoms with van der Waals surface area (Å²) in [6.07, 6.45) is 2.89. The number of hydrogen-bond donors (Lipinski definition) is 3. The molecule has 3 aliphatic heterocycles. The van der Waals surface area contributed by atoms with Crippen molar-refractivity contribution in [2.45, 2.75) is 38.3 Å². The topological polar surface area (TPSA) is 134 Å². The van der Waals surface area contributed by atoms with E-state index in [0.717, 1.165) is 84.0 Å². The van der Waals surface area contributed by atoms with E-state index in [-0.39, 0.29) is 24.3 Å². The Bertz CT molecular complexity index is 850. The Morgan fingerprint density at radius 3 is 2.21 bits per heavy atom. The average molecular weight is 537 g/mol. The predicted molar refractivity (Wildman–Crippen MR) is 143 cm³/mol. The second kappa shape index (κ2) is 16.3. The zero-order chi connectivity index (χ0) is 28.0. The first kappa shape index (κ1) is 31.5. The number of nitrogens with zero attached hydrogens (tertiary/aromatic N) is 4. The summed E-state index contributed by atoms with van der Waals surface area (Å²) in [7, 11) is 4.00. The van der Waals surface area contributed by atoms with E-state index in [9.17, 15) is 9.90 Å². The van der Waals surface area contributed by atoms with Crippen LogP contribution in [0, 0.1) is 5.41 Å². The van der Waals surface area contributed by atoms with E-state index in [1.165, 1.54) is 5.56 Å². The summed E-state index contributed by atoms with van der Waals surface area (Å²) in [6.45, 7) is 9.01. The number of carbonyl (C=O) groups is 3. The molecular weight excluding hydrogens is 492 g/mol. The molecule has 214 valence electrons. The highest BCUT2D eigenvalue weighted by Crippen LogP contribution is 2.41. The lowest BCUT2D eigenvalue weighted by Gasteiger charge is -2.47. The number of aliphatic hydroxyl groups excluding tert-OH is 1. The molecule has 0 aromatic heterocycles. The van der Waals surface area contributed by atoms with E-state index in [0.29, 0.717) is 13.0 Å². The van der Waals surface area contributed by atoms with Crippen molar-refractivity contribution in [2.75, 3.05) is 73.1 Å². The van der Waals surface area contributed by atoms with Crippen molar-refractivity contribution >= 4 is 18.9 Å². The SMILES string of the molecule is CN1CCN(CCCOc2ccccc2CN2CCC3(CC2)CC(O)CN(C)C3=O)CC1.O=CO.O=CO. The molecule has 3 saturated heterocycles. The number of piperazine rings is 1.